The number of methoxy groups -OCH3 is 2. The fourth-order valence-electron chi connectivity index (χ4n) is 2.51. The molecule has 1 aliphatic rings. The smallest absolute Gasteiger partial charge is 0.161 e. The molecule has 4 heteroatoms. The first-order chi connectivity index (χ1) is 9.22. The third-order valence-corrected chi connectivity index (χ3v) is 4.14. The van der Waals surface area contributed by atoms with Crippen LogP contribution in [0.1, 0.15) is 31.2 Å². The number of hydrogen-bond acceptors (Lipinski definition) is 3. The Labute approximate surface area is 120 Å². The number of ether oxygens (including phenoxy) is 2. The maximum Gasteiger partial charge on any atom is 0.161 e. The minimum atomic E-state index is 0.374. The van der Waals surface area contributed by atoms with E-state index in [1.807, 2.05) is 12.1 Å². The molecule has 3 nitrogen and oxygen atoms in total. The molecule has 0 unspecified atom stereocenters. The molecule has 1 fully saturated rings. The van der Waals surface area contributed by atoms with Gasteiger partial charge < -0.3 is 14.8 Å². The van der Waals surface area contributed by atoms with Crippen molar-refractivity contribution in [3.8, 4) is 11.5 Å². The van der Waals surface area contributed by atoms with Gasteiger partial charge in [0.25, 0.3) is 0 Å². The molecule has 19 heavy (non-hydrogen) atoms. The molecule has 0 atom stereocenters. The minimum Gasteiger partial charge on any atom is -0.493 e. The lowest BCUT2D eigenvalue weighted by atomic mass is 9.95. The van der Waals surface area contributed by atoms with E-state index in [9.17, 15) is 0 Å². The van der Waals surface area contributed by atoms with Gasteiger partial charge in [0.2, 0.25) is 0 Å². The molecule has 0 aliphatic heterocycles. The number of alkyl halides is 1. The Bertz CT molecular complexity index is 403. The molecule has 1 N–H and O–H groups in total. The predicted molar refractivity (Wildman–Crippen MR) is 78.3 cm³/mol. The summed E-state index contributed by atoms with van der Waals surface area (Å²) in [6.45, 7) is 0.859. The van der Waals surface area contributed by atoms with Crippen molar-refractivity contribution in [3.63, 3.8) is 0 Å². The number of benzene rings is 1. The van der Waals surface area contributed by atoms with Gasteiger partial charge in [-0.05, 0) is 43.4 Å². The molecule has 0 amide bonds. The van der Waals surface area contributed by atoms with Gasteiger partial charge >= 0.3 is 0 Å². The molecule has 1 saturated carbocycles. The van der Waals surface area contributed by atoms with Gasteiger partial charge in [0, 0.05) is 18.0 Å². The second-order valence-corrected chi connectivity index (χ2v) is 5.64. The number of rotatable bonds is 5. The van der Waals surface area contributed by atoms with Crippen molar-refractivity contribution in [2.24, 2.45) is 0 Å². The lowest BCUT2D eigenvalue weighted by molar-refractivity contribution is 0.353. The van der Waals surface area contributed by atoms with E-state index in [-0.39, 0.29) is 0 Å². The van der Waals surface area contributed by atoms with Gasteiger partial charge in [0.15, 0.2) is 11.5 Å². The Balaban J connectivity index is 1.89. The summed E-state index contributed by atoms with van der Waals surface area (Å²) in [6, 6.07) is 6.63. The first-order valence-corrected chi connectivity index (χ1v) is 7.25. The van der Waals surface area contributed by atoms with Gasteiger partial charge in [-0.3, -0.25) is 0 Å². The summed E-state index contributed by atoms with van der Waals surface area (Å²) in [5.41, 5.74) is 1.21. The van der Waals surface area contributed by atoms with E-state index in [1.54, 1.807) is 14.2 Å². The molecule has 0 saturated heterocycles. The average Bonchev–Trinajstić information content (AvgIpc) is 2.46. The van der Waals surface area contributed by atoms with Gasteiger partial charge in [-0.1, -0.05) is 6.07 Å². The first-order valence-electron chi connectivity index (χ1n) is 6.81. The molecule has 0 heterocycles. The van der Waals surface area contributed by atoms with Gasteiger partial charge in [-0.2, -0.15) is 0 Å². The maximum atomic E-state index is 6.11. The Morgan fingerprint density at radius 2 is 1.79 bits per heavy atom. The molecule has 1 aromatic carbocycles. The molecule has 1 aromatic rings. The van der Waals surface area contributed by atoms with Crippen molar-refractivity contribution in [1.82, 2.24) is 5.32 Å². The Hall–Kier alpha value is -0.930. The Morgan fingerprint density at radius 1 is 1.11 bits per heavy atom. The summed E-state index contributed by atoms with van der Waals surface area (Å²) < 4.78 is 10.5. The molecule has 1 aliphatic carbocycles. The molecular formula is C15H22ClNO2. The molecule has 106 valence electrons. The van der Waals surface area contributed by atoms with E-state index in [0.29, 0.717) is 11.4 Å². The zero-order chi connectivity index (χ0) is 13.7. The van der Waals surface area contributed by atoms with Crippen LogP contribution in [0.3, 0.4) is 0 Å². The lowest BCUT2D eigenvalue weighted by Crippen LogP contribution is -2.32. The highest BCUT2D eigenvalue weighted by molar-refractivity contribution is 6.20. The number of halogens is 1. The van der Waals surface area contributed by atoms with E-state index >= 15 is 0 Å². The molecule has 0 aromatic heterocycles. The summed E-state index contributed by atoms with van der Waals surface area (Å²) in [4.78, 5) is 0. The highest BCUT2D eigenvalue weighted by atomic mass is 35.5. The third-order valence-electron chi connectivity index (χ3n) is 3.70. The Morgan fingerprint density at radius 3 is 2.42 bits per heavy atom. The van der Waals surface area contributed by atoms with Crippen molar-refractivity contribution in [2.75, 3.05) is 14.2 Å². The van der Waals surface area contributed by atoms with Gasteiger partial charge in [0.05, 0.1) is 14.2 Å². The van der Waals surface area contributed by atoms with Crippen LogP contribution in [0.4, 0.5) is 0 Å². The molecule has 2 rings (SSSR count). The molecule has 0 spiro atoms. The Kier molecular flexibility index (Phi) is 5.34. The van der Waals surface area contributed by atoms with E-state index in [4.69, 9.17) is 21.1 Å². The number of hydrogen-bond donors (Lipinski definition) is 1. The van der Waals surface area contributed by atoms with Crippen LogP contribution in [0, 0.1) is 0 Å². The maximum absolute atomic E-state index is 6.11. The highest BCUT2D eigenvalue weighted by Crippen LogP contribution is 2.28. The van der Waals surface area contributed by atoms with E-state index in [2.05, 4.69) is 11.4 Å². The lowest BCUT2D eigenvalue weighted by Gasteiger charge is -2.26. The quantitative estimate of drug-likeness (QED) is 0.841. The van der Waals surface area contributed by atoms with Crippen LogP contribution < -0.4 is 14.8 Å². The van der Waals surface area contributed by atoms with Gasteiger partial charge in [-0.25, -0.2) is 0 Å². The second kappa shape index (κ2) is 7.01. The zero-order valence-electron chi connectivity index (χ0n) is 11.6. The van der Waals surface area contributed by atoms with Crippen molar-refractivity contribution in [2.45, 2.75) is 43.6 Å². The average molecular weight is 284 g/mol. The topological polar surface area (TPSA) is 30.5 Å². The van der Waals surface area contributed by atoms with Crippen molar-refractivity contribution in [3.05, 3.63) is 23.8 Å². The predicted octanol–water partition coefficient (Wildman–Crippen LogP) is 3.34. The van der Waals surface area contributed by atoms with Crippen LogP contribution in [0.15, 0.2) is 18.2 Å². The molecular weight excluding hydrogens is 262 g/mol. The van der Waals surface area contributed by atoms with Crippen LogP contribution in [0.5, 0.6) is 11.5 Å². The van der Waals surface area contributed by atoms with E-state index < -0.39 is 0 Å². The fraction of sp³-hybridized carbons (Fsp3) is 0.600. The monoisotopic (exact) mass is 283 g/mol. The molecule has 0 radical (unpaired) electrons. The number of nitrogens with one attached hydrogen (secondary N) is 1. The zero-order valence-corrected chi connectivity index (χ0v) is 12.4. The summed E-state index contributed by atoms with van der Waals surface area (Å²) >= 11 is 6.11. The van der Waals surface area contributed by atoms with Crippen molar-refractivity contribution < 1.29 is 9.47 Å². The van der Waals surface area contributed by atoms with Crippen molar-refractivity contribution in [1.29, 1.82) is 0 Å². The fourth-order valence-corrected chi connectivity index (χ4v) is 2.76. The highest BCUT2D eigenvalue weighted by Gasteiger charge is 2.18. The van der Waals surface area contributed by atoms with Crippen LogP contribution in [0.2, 0.25) is 0 Å². The van der Waals surface area contributed by atoms with Crippen LogP contribution in [0.25, 0.3) is 0 Å². The standard InChI is InChI=1S/C15H22ClNO2/c1-18-14-8-3-11(9-15(14)19-2)10-17-13-6-4-12(16)5-7-13/h3,8-9,12-13,17H,4-7,10H2,1-2H3. The van der Waals surface area contributed by atoms with Crippen LogP contribution in [-0.2, 0) is 6.54 Å². The van der Waals surface area contributed by atoms with E-state index in [0.717, 1.165) is 30.9 Å². The summed E-state index contributed by atoms with van der Waals surface area (Å²) in [6.07, 6.45) is 4.57. The summed E-state index contributed by atoms with van der Waals surface area (Å²) in [7, 11) is 3.32. The van der Waals surface area contributed by atoms with E-state index in [1.165, 1.54) is 18.4 Å². The van der Waals surface area contributed by atoms with Gasteiger partial charge in [0.1, 0.15) is 0 Å². The van der Waals surface area contributed by atoms with Gasteiger partial charge in [-0.15, -0.1) is 11.6 Å². The largest absolute Gasteiger partial charge is 0.493 e. The van der Waals surface area contributed by atoms with Crippen molar-refractivity contribution >= 4 is 11.6 Å². The molecule has 0 bridgehead atoms. The second-order valence-electron chi connectivity index (χ2n) is 5.02. The normalized spacial score (nSPS) is 23.1. The van der Waals surface area contributed by atoms with Crippen LogP contribution >= 0.6 is 11.6 Å². The first kappa shape index (κ1) is 14.5. The van der Waals surface area contributed by atoms with Crippen LogP contribution in [-0.4, -0.2) is 25.6 Å². The summed E-state index contributed by atoms with van der Waals surface area (Å²) in [5, 5.41) is 3.97. The minimum absolute atomic E-state index is 0.374. The SMILES string of the molecule is COc1ccc(CNC2CCC(Cl)CC2)cc1OC. The summed E-state index contributed by atoms with van der Waals surface area (Å²) in [5.74, 6) is 1.56. The third kappa shape index (κ3) is 4.02.